The highest BCUT2D eigenvalue weighted by atomic mass is 32.1. The lowest BCUT2D eigenvalue weighted by Crippen LogP contribution is -2.41. The molecule has 154 valence electrons. The van der Waals surface area contributed by atoms with Crippen LogP contribution in [-0.4, -0.2) is 49.0 Å². The molecule has 2 heterocycles. The van der Waals surface area contributed by atoms with Gasteiger partial charge in [0.15, 0.2) is 6.10 Å². The van der Waals surface area contributed by atoms with Gasteiger partial charge in [0, 0.05) is 18.8 Å². The van der Waals surface area contributed by atoms with Gasteiger partial charge in [0.05, 0.1) is 17.9 Å². The number of carbonyl (C=O) groups excluding carboxylic acids is 3. The van der Waals surface area contributed by atoms with Crippen molar-refractivity contribution in [2.45, 2.75) is 25.9 Å². The number of esters is 1. The number of anilines is 1. The van der Waals surface area contributed by atoms with Crippen LogP contribution in [0.3, 0.4) is 0 Å². The average Bonchev–Trinajstić information content (AvgIpc) is 3.28. The molecule has 2 amide bonds. The minimum atomic E-state index is -0.907. The molecule has 1 atom stereocenters. The van der Waals surface area contributed by atoms with Crippen molar-refractivity contribution in [2.75, 3.05) is 25.5 Å². The number of ether oxygens (including phenoxy) is 2. The third-order valence-electron chi connectivity index (χ3n) is 4.87. The first-order valence-electron chi connectivity index (χ1n) is 9.46. The molecule has 1 fully saturated rings. The van der Waals surface area contributed by atoms with Gasteiger partial charge >= 0.3 is 5.97 Å². The summed E-state index contributed by atoms with van der Waals surface area (Å²) >= 11 is 1.41. The van der Waals surface area contributed by atoms with Crippen molar-refractivity contribution in [1.82, 2.24) is 4.90 Å². The van der Waals surface area contributed by atoms with Crippen LogP contribution in [0, 0.1) is 5.92 Å². The molecule has 0 saturated carbocycles. The second-order valence-electron chi connectivity index (χ2n) is 6.84. The van der Waals surface area contributed by atoms with E-state index in [-0.39, 0.29) is 11.8 Å². The maximum Gasteiger partial charge on any atom is 0.309 e. The molecular weight excluding hydrogens is 392 g/mol. The number of nitrogens with one attached hydrogen (secondary N) is 1. The first kappa shape index (κ1) is 20.9. The van der Waals surface area contributed by atoms with Crippen molar-refractivity contribution in [3.05, 3.63) is 46.7 Å². The Labute approximate surface area is 173 Å². The van der Waals surface area contributed by atoms with Gasteiger partial charge in [-0.25, -0.2) is 0 Å². The topological polar surface area (TPSA) is 84.9 Å². The standard InChI is InChI=1S/C21H24N2O5S/c1-14(19(24)22-16-5-7-17(27-2)8-6-16)28-21(26)15-9-11-23(12-10-15)20(25)18-4-3-13-29-18/h3-8,13-15H,9-12H2,1-2H3,(H,22,24)/t14-/m0/s1. The fourth-order valence-electron chi connectivity index (χ4n) is 3.12. The Balaban J connectivity index is 1.46. The van der Waals surface area contributed by atoms with Gasteiger partial charge in [-0.15, -0.1) is 11.3 Å². The van der Waals surface area contributed by atoms with E-state index in [2.05, 4.69) is 5.32 Å². The van der Waals surface area contributed by atoms with Crippen LogP contribution in [0.4, 0.5) is 5.69 Å². The Bertz CT molecular complexity index is 842. The molecule has 1 N–H and O–H groups in total. The number of nitrogens with zero attached hydrogens (tertiary/aromatic N) is 1. The van der Waals surface area contributed by atoms with E-state index in [1.54, 1.807) is 49.3 Å². The molecule has 29 heavy (non-hydrogen) atoms. The highest BCUT2D eigenvalue weighted by Gasteiger charge is 2.31. The van der Waals surface area contributed by atoms with Gasteiger partial charge in [0.2, 0.25) is 0 Å². The van der Waals surface area contributed by atoms with Crippen LogP contribution < -0.4 is 10.1 Å². The third-order valence-corrected chi connectivity index (χ3v) is 5.73. The van der Waals surface area contributed by atoms with Gasteiger partial charge in [0.1, 0.15) is 5.75 Å². The summed E-state index contributed by atoms with van der Waals surface area (Å²) in [7, 11) is 1.57. The first-order valence-corrected chi connectivity index (χ1v) is 10.3. The highest BCUT2D eigenvalue weighted by molar-refractivity contribution is 7.12. The SMILES string of the molecule is COc1ccc(NC(=O)[C@H](C)OC(=O)C2CCN(C(=O)c3cccs3)CC2)cc1. The molecule has 8 heteroatoms. The van der Waals surface area contributed by atoms with E-state index in [1.165, 1.54) is 11.3 Å². The smallest absolute Gasteiger partial charge is 0.309 e. The molecule has 0 radical (unpaired) electrons. The average molecular weight is 416 g/mol. The molecule has 1 aromatic carbocycles. The van der Waals surface area contributed by atoms with E-state index in [0.717, 1.165) is 0 Å². The van der Waals surface area contributed by atoms with E-state index in [0.29, 0.717) is 42.2 Å². The summed E-state index contributed by atoms with van der Waals surface area (Å²) in [5.41, 5.74) is 0.596. The van der Waals surface area contributed by atoms with Crippen molar-refractivity contribution in [3.63, 3.8) is 0 Å². The van der Waals surface area contributed by atoms with Crippen LogP contribution in [0.25, 0.3) is 0 Å². The Morgan fingerprint density at radius 1 is 1.14 bits per heavy atom. The number of methoxy groups -OCH3 is 1. The van der Waals surface area contributed by atoms with Gasteiger partial charge in [-0.2, -0.15) is 0 Å². The molecule has 2 aromatic rings. The van der Waals surface area contributed by atoms with Gasteiger partial charge in [-0.05, 0) is 55.5 Å². The minimum Gasteiger partial charge on any atom is -0.497 e. The summed E-state index contributed by atoms with van der Waals surface area (Å²) in [5.74, 6) is -0.413. The number of hydrogen-bond donors (Lipinski definition) is 1. The predicted octanol–water partition coefficient (Wildman–Crippen LogP) is 3.18. The zero-order valence-electron chi connectivity index (χ0n) is 16.4. The molecule has 1 aromatic heterocycles. The highest BCUT2D eigenvalue weighted by Crippen LogP contribution is 2.22. The van der Waals surface area contributed by atoms with Crippen LogP contribution in [0.5, 0.6) is 5.75 Å². The Morgan fingerprint density at radius 2 is 1.83 bits per heavy atom. The third kappa shape index (κ3) is 5.35. The van der Waals surface area contributed by atoms with Gasteiger partial charge in [-0.3, -0.25) is 14.4 Å². The van der Waals surface area contributed by atoms with E-state index in [1.807, 2.05) is 11.4 Å². The maximum atomic E-state index is 12.4. The molecule has 1 aliphatic rings. The fraction of sp³-hybridized carbons (Fsp3) is 0.381. The maximum absolute atomic E-state index is 12.4. The number of likely N-dealkylation sites (tertiary alicyclic amines) is 1. The van der Waals surface area contributed by atoms with Crippen LogP contribution >= 0.6 is 11.3 Å². The number of hydrogen-bond acceptors (Lipinski definition) is 6. The van der Waals surface area contributed by atoms with E-state index in [9.17, 15) is 14.4 Å². The molecule has 7 nitrogen and oxygen atoms in total. The van der Waals surface area contributed by atoms with Crippen molar-refractivity contribution in [1.29, 1.82) is 0 Å². The lowest BCUT2D eigenvalue weighted by molar-refractivity contribution is -0.158. The van der Waals surface area contributed by atoms with Crippen LogP contribution in [0.2, 0.25) is 0 Å². The summed E-state index contributed by atoms with van der Waals surface area (Å²) in [5, 5.41) is 4.59. The largest absolute Gasteiger partial charge is 0.497 e. The molecule has 0 aliphatic carbocycles. The van der Waals surface area contributed by atoms with E-state index >= 15 is 0 Å². The van der Waals surface area contributed by atoms with Crippen molar-refractivity contribution in [3.8, 4) is 5.75 Å². The van der Waals surface area contributed by atoms with Gasteiger partial charge < -0.3 is 19.7 Å². The zero-order valence-corrected chi connectivity index (χ0v) is 17.2. The minimum absolute atomic E-state index is 0.000875. The van der Waals surface area contributed by atoms with Crippen LogP contribution in [0.15, 0.2) is 41.8 Å². The number of benzene rings is 1. The van der Waals surface area contributed by atoms with E-state index in [4.69, 9.17) is 9.47 Å². The summed E-state index contributed by atoms with van der Waals surface area (Å²) < 4.78 is 10.4. The van der Waals surface area contributed by atoms with Crippen LogP contribution in [-0.2, 0) is 14.3 Å². The molecular formula is C21H24N2O5S. The summed E-state index contributed by atoms with van der Waals surface area (Å²) in [6, 6.07) is 10.5. The quantitative estimate of drug-likeness (QED) is 0.731. The second-order valence-corrected chi connectivity index (χ2v) is 7.79. The van der Waals surface area contributed by atoms with Crippen molar-refractivity contribution >= 4 is 34.8 Å². The zero-order chi connectivity index (χ0) is 20.8. The number of thiophene rings is 1. The summed E-state index contributed by atoms with van der Waals surface area (Å²) in [6.07, 6.45) is 0.154. The Morgan fingerprint density at radius 3 is 2.41 bits per heavy atom. The molecule has 0 bridgehead atoms. The molecule has 0 unspecified atom stereocenters. The Hall–Kier alpha value is -2.87. The summed E-state index contributed by atoms with van der Waals surface area (Å²) in [6.45, 7) is 2.55. The normalized spacial score (nSPS) is 15.4. The molecule has 1 saturated heterocycles. The number of carbonyl (C=O) groups is 3. The van der Waals surface area contributed by atoms with Gasteiger partial charge in [0.25, 0.3) is 11.8 Å². The van der Waals surface area contributed by atoms with Gasteiger partial charge in [-0.1, -0.05) is 6.07 Å². The lowest BCUT2D eigenvalue weighted by Gasteiger charge is -2.31. The Kier molecular flexibility index (Phi) is 6.87. The molecule has 3 rings (SSSR count). The van der Waals surface area contributed by atoms with Crippen LogP contribution in [0.1, 0.15) is 29.4 Å². The lowest BCUT2D eigenvalue weighted by atomic mass is 9.97. The predicted molar refractivity (Wildman–Crippen MR) is 110 cm³/mol. The number of amides is 2. The molecule has 1 aliphatic heterocycles. The second kappa shape index (κ2) is 9.56. The first-order chi connectivity index (χ1) is 14.0. The number of rotatable bonds is 6. The van der Waals surface area contributed by atoms with Crippen molar-refractivity contribution < 1.29 is 23.9 Å². The number of piperidine rings is 1. The monoisotopic (exact) mass is 416 g/mol. The summed E-state index contributed by atoms with van der Waals surface area (Å²) in [4.78, 5) is 39.6. The fourth-order valence-corrected chi connectivity index (χ4v) is 3.81. The van der Waals surface area contributed by atoms with Crippen molar-refractivity contribution in [2.24, 2.45) is 5.92 Å². The van der Waals surface area contributed by atoms with E-state index < -0.39 is 18.0 Å². The molecule has 0 spiro atoms.